The maximum absolute atomic E-state index is 5.90. The molecule has 0 bridgehead atoms. The summed E-state index contributed by atoms with van der Waals surface area (Å²) in [7, 11) is 0. The minimum Gasteiger partial charge on any atom is -0.253 e. The number of hydrogen-bond donors (Lipinski definition) is 0. The predicted molar refractivity (Wildman–Crippen MR) is 83.4 cm³/mol. The molecule has 0 amide bonds. The zero-order chi connectivity index (χ0) is 14.4. The fourth-order valence-electron chi connectivity index (χ4n) is 2.49. The molecule has 4 nitrogen and oxygen atoms in total. The van der Waals surface area contributed by atoms with Crippen LogP contribution < -0.4 is 0 Å². The summed E-state index contributed by atoms with van der Waals surface area (Å²) in [5.41, 5.74) is 3.01. The van der Waals surface area contributed by atoms with Gasteiger partial charge >= 0.3 is 0 Å². The van der Waals surface area contributed by atoms with Crippen LogP contribution in [0.4, 0.5) is 0 Å². The molecular weight excluding hydrogens is 307 g/mol. The molecule has 21 heavy (non-hydrogen) atoms. The standard InChI is InChI=1S/C15H7Cl2N4/c16-13-18-14(17)20-15(19-13)21-11-7-3-1-5-9(11)10-6-2-4-8-12(10)21/h1,3-8H/q+1. The van der Waals surface area contributed by atoms with E-state index in [1.54, 1.807) is 0 Å². The van der Waals surface area contributed by atoms with E-state index < -0.39 is 0 Å². The lowest BCUT2D eigenvalue weighted by Crippen LogP contribution is -2.05. The fourth-order valence-corrected chi connectivity index (χ4v) is 2.85. The van der Waals surface area contributed by atoms with Crippen LogP contribution in [0.25, 0.3) is 29.0 Å². The number of halogens is 2. The number of para-hydroxylation sites is 1. The van der Waals surface area contributed by atoms with Crippen molar-refractivity contribution in [1.82, 2.24) is 19.5 Å². The Morgan fingerprint density at radius 2 is 1.76 bits per heavy atom. The van der Waals surface area contributed by atoms with Gasteiger partial charge in [-0.3, -0.25) is 4.57 Å². The largest absolute Gasteiger partial charge is 0.253 e. The van der Waals surface area contributed by atoms with Crippen molar-refractivity contribution >= 4 is 46.3 Å². The molecule has 1 aromatic carbocycles. The van der Waals surface area contributed by atoms with E-state index in [9.17, 15) is 0 Å². The van der Waals surface area contributed by atoms with Crippen LogP contribution in [0.5, 0.6) is 0 Å². The number of aromatic nitrogens is 4. The molecule has 0 spiro atoms. The molecule has 0 unspecified atom stereocenters. The van der Waals surface area contributed by atoms with Gasteiger partial charge in [0.15, 0.2) is 5.69 Å². The molecule has 0 N–H and O–H groups in total. The molecule has 6 heteroatoms. The first kappa shape index (κ1) is 12.5. The van der Waals surface area contributed by atoms with Gasteiger partial charge in [-0.05, 0) is 35.3 Å². The lowest BCUT2D eigenvalue weighted by Gasteiger charge is -2.04. The van der Waals surface area contributed by atoms with E-state index in [2.05, 4.69) is 21.0 Å². The number of fused-ring (bicyclic) bond motifs is 3. The molecule has 2 heterocycles. The quantitative estimate of drug-likeness (QED) is 0.638. The van der Waals surface area contributed by atoms with Crippen molar-refractivity contribution in [3.63, 3.8) is 0 Å². The summed E-state index contributed by atoms with van der Waals surface area (Å²) in [5.74, 6) is 0.400. The summed E-state index contributed by atoms with van der Waals surface area (Å²) in [6, 6.07) is 8.01. The van der Waals surface area contributed by atoms with Gasteiger partial charge in [-0.15, -0.1) is 0 Å². The van der Waals surface area contributed by atoms with Gasteiger partial charge < -0.3 is 0 Å². The first-order valence-corrected chi connectivity index (χ1v) is 6.96. The highest BCUT2D eigenvalue weighted by Crippen LogP contribution is 2.32. The van der Waals surface area contributed by atoms with Crippen LogP contribution >= 0.6 is 23.2 Å². The highest BCUT2D eigenvalue weighted by atomic mass is 35.5. The van der Waals surface area contributed by atoms with Crippen LogP contribution in [0, 0.1) is 6.08 Å². The SMILES string of the molecule is Clc1nc(Cl)nc(-n2c3c(c4ccccc42)C=[C+]C=C3)n1. The van der Waals surface area contributed by atoms with Crippen molar-refractivity contribution in [3.8, 4) is 5.95 Å². The number of nitrogens with zero attached hydrogens (tertiary/aromatic N) is 4. The Balaban J connectivity index is 2.13. The molecule has 0 atom stereocenters. The van der Waals surface area contributed by atoms with Gasteiger partial charge in [0, 0.05) is 6.08 Å². The molecule has 4 rings (SSSR count). The highest BCUT2D eigenvalue weighted by Gasteiger charge is 2.24. The Morgan fingerprint density at radius 1 is 1.00 bits per heavy atom. The molecule has 0 aliphatic heterocycles. The molecule has 0 saturated heterocycles. The van der Waals surface area contributed by atoms with E-state index in [0.29, 0.717) is 5.95 Å². The third-order valence-corrected chi connectivity index (χ3v) is 3.62. The van der Waals surface area contributed by atoms with Crippen LogP contribution in [0.1, 0.15) is 11.3 Å². The maximum atomic E-state index is 5.90. The monoisotopic (exact) mass is 313 g/mol. The van der Waals surface area contributed by atoms with Crippen LogP contribution in [-0.2, 0) is 0 Å². The molecule has 0 fully saturated rings. The van der Waals surface area contributed by atoms with Gasteiger partial charge in [-0.25, -0.2) is 0 Å². The minimum absolute atomic E-state index is 0.0680. The van der Waals surface area contributed by atoms with E-state index in [1.165, 1.54) is 0 Å². The second-order valence-corrected chi connectivity index (χ2v) is 5.15. The van der Waals surface area contributed by atoms with Crippen LogP contribution in [-0.4, -0.2) is 19.5 Å². The van der Waals surface area contributed by atoms with E-state index in [0.717, 1.165) is 22.2 Å². The highest BCUT2D eigenvalue weighted by molar-refractivity contribution is 6.31. The minimum atomic E-state index is 0.0680. The lowest BCUT2D eigenvalue weighted by atomic mass is 10.1. The van der Waals surface area contributed by atoms with Crippen molar-refractivity contribution in [1.29, 1.82) is 0 Å². The molecular formula is C15H7Cl2N4+. The summed E-state index contributed by atoms with van der Waals surface area (Å²) < 4.78 is 1.91. The first-order chi connectivity index (χ1) is 10.2. The zero-order valence-electron chi connectivity index (χ0n) is 10.6. The average molecular weight is 314 g/mol. The average Bonchev–Trinajstić information content (AvgIpc) is 2.81. The van der Waals surface area contributed by atoms with E-state index in [-0.39, 0.29) is 10.6 Å². The molecule has 1 aliphatic carbocycles. The molecule has 100 valence electrons. The normalized spacial score (nSPS) is 12.5. The number of rotatable bonds is 1. The number of benzene rings is 1. The summed E-state index contributed by atoms with van der Waals surface area (Å²) in [5, 5.41) is 1.23. The predicted octanol–water partition coefficient (Wildman–Crippen LogP) is 3.97. The van der Waals surface area contributed by atoms with Crippen LogP contribution in [0.2, 0.25) is 10.6 Å². The Morgan fingerprint density at radius 3 is 2.57 bits per heavy atom. The Labute approximate surface area is 130 Å². The Kier molecular flexibility index (Phi) is 2.76. The molecule has 0 saturated carbocycles. The van der Waals surface area contributed by atoms with Gasteiger partial charge in [0.05, 0.1) is 17.0 Å². The third kappa shape index (κ3) is 1.93. The Bertz CT molecular complexity index is 905. The van der Waals surface area contributed by atoms with Gasteiger partial charge in [-0.1, -0.05) is 12.1 Å². The summed E-state index contributed by atoms with van der Waals surface area (Å²) in [6.07, 6.45) is 8.85. The second kappa shape index (κ2) is 4.64. The van der Waals surface area contributed by atoms with E-state index >= 15 is 0 Å². The first-order valence-electron chi connectivity index (χ1n) is 6.21. The van der Waals surface area contributed by atoms with E-state index in [1.807, 2.05) is 47.1 Å². The van der Waals surface area contributed by atoms with Crippen molar-refractivity contribution in [2.75, 3.05) is 0 Å². The zero-order valence-corrected chi connectivity index (χ0v) is 12.1. The number of allylic oxidation sites excluding steroid dienone is 2. The van der Waals surface area contributed by atoms with Crippen molar-refractivity contribution in [3.05, 3.63) is 58.2 Å². The third-order valence-electron chi connectivity index (χ3n) is 3.29. The van der Waals surface area contributed by atoms with Crippen molar-refractivity contribution in [2.45, 2.75) is 0 Å². The van der Waals surface area contributed by atoms with Crippen LogP contribution in [0.3, 0.4) is 0 Å². The molecule has 1 aliphatic rings. The summed E-state index contributed by atoms with van der Waals surface area (Å²) >= 11 is 11.8. The van der Waals surface area contributed by atoms with Gasteiger partial charge in [0.1, 0.15) is 17.7 Å². The van der Waals surface area contributed by atoms with Crippen molar-refractivity contribution in [2.24, 2.45) is 0 Å². The maximum Gasteiger partial charge on any atom is 0.242 e. The fraction of sp³-hybridized carbons (Fsp3) is 0. The molecule has 2 aromatic heterocycles. The van der Waals surface area contributed by atoms with Crippen LogP contribution in [0.15, 0.2) is 30.3 Å². The summed E-state index contributed by atoms with van der Waals surface area (Å²) in [6.45, 7) is 0. The topological polar surface area (TPSA) is 43.6 Å². The smallest absolute Gasteiger partial charge is 0.242 e. The van der Waals surface area contributed by atoms with Gasteiger partial charge in [0.2, 0.25) is 16.5 Å². The van der Waals surface area contributed by atoms with Gasteiger partial charge in [0.25, 0.3) is 0 Å². The molecule has 0 radical (unpaired) electrons. The molecule has 3 aromatic rings. The second-order valence-electron chi connectivity index (χ2n) is 4.47. The van der Waals surface area contributed by atoms with Crippen molar-refractivity contribution < 1.29 is 0 Å². The lowest BCUT2D eigenvalue weighted by molar-refractivity contribution is 0.914. The Hall–Kier alpha value is -2.26. The van der Waals surface area contributed by atoms with E-state index in [4.69, 9.17) is 23.2 Å². The van der Waals surface area contributed by atoms with Gasteiger partial charge in [-0.2, -0.15) is 15.0 Å². The number of hydrogen-bond acceptors (Lipinski definition) is 3. The summed E-state index contributed by atoms with van der Waals surface area (Å²) in [4.78, 5) is 12.2.